The molecule has 0 fully saturated rings. The molecule has 2 rings (SSSR count). The Balaban J connectivity index is 2.66. The predicted octanol–water partition coefficient (Wildman–Crippen LogP) is 2.23. The number of hydrogen-bond acceptors (Lipinski definition) is 1. The number of benzene rings is 1. The van der Waals surface area contributed by atoms with Crippen molar-refractivity contribution in [3.8, 4) is 0 Å². The number of aldehydes is 1. The van der Waals surface area contributed by atoms with E-state index in [1.807, 2.05) is 7.05 Å². The molecule has 0 spiro atoms. The van der Waals surface area contributed by atoms with Crippen molar-refractivity contribution in [2.24, 2.45) is 7.05 Å². The predicted molar refractivity (Wildman–Crippen MR) is 57.4 cm³/mol. The fourth-order valence-electron chi connectivity index (χ4n) is 1.81. The Kier molecular flexibility index (Phi) is 2.12. The monoisotopic (exact) mass is 187 g/mol. The highest BCUT2D eigenvalue weighted by molar-refractivity contribution is 5.82. The summed E-state index contributed by atoms with van der Waals surface area (Å²) in [5.74, 6) is 0. The maximum Gasteiger partial charge on any atom is 0.125 e. The van der Waals surface area contributed by atoms with Crippen LogP contribution >= 0.6 is 0 Å². The second kappa shape index (κ2) is 3.29. The zero-order chi connectivity index (χ0) is 10.1. The fourth-order valence-corrected chi connectivity index (χ4v) is 1.81. The zero-order valence-electron chi connectivity index (χ0n) is 8.45. The third kappa shape index (κ3) is 1.33. The molecular weight excluding hydrogens is 174 g/mol. The largest absolute Gasteiger partial charge is 0.347 e. The van der Waals surface area contributed by atoms with Gasteiger partial charge in [-0.3, -0.25) is 0 Å². The van der Waals surface area contributed by atoms with E-state index >= 15 is 0 Å². The average molecular weight is 187 g/mol. The SMILES string of the molecule is Cc1ccc2c(c1)cc(CC=O)n2C. The number of hydrogen-bond donors (Lipinski definition) is 0. The summed E-state index contributed by atoms with van der Waals surface area (Å²) in [6.45, 7) is 2.08. The summed E-state index contributed by atoms with van der Waals surface area (Å²) >= 11 is 0. The molecule has 0 saturated heterocycles. The van der Waals surface area contributed by atoms with Gasteiger partial charge < -0.3 is 9.36 Å². The molecule has 0 atom stereocenters. The van der Waals surface area contributed by atoms with Gasteiger partial charge in [-0.25, -0.2) is 0 Å². The van der Waals surface area contributed by atoms with Crippen molar-refractivity contribution in [2.75, 3.05) is 0 Å². The second-order valence-corrected chi connectivity index (χ2v) is 3.63. The van der Waals surface area contributed by atoms with Crippen molar-refractivity contribution in [3.05, 3.63) is 35.5 Å². The van der Waals surface area contributed by atoms with Crippen molar-refractivity contribution in [3.63, 3.8) is 0 Å². The summed E-state index contributed by atoms with van der Waals surface area (Å²) in [5.41, 5.74) is 3.51. The first-order valence-corrected chi connectivity index (χ1v) is 4.71. The fraction of sp³-hybridized carbons (Fsp3) is 0.250. The van der Waals surface area contributed by atoms with E-state index in [2.05, 4.69) is 35.8 Å². The summed E-state index contributed by atoms with van der Waals surface area (Å²) in [5, 5.41) is 1.21. The van der Waals surface area contributed by atoms with Gasteiger partial charge in [0.1, 0.15) is 6.29 Å². The molecule has 1 aromatic heterocycles. The summed E-state index contributed by atoms with van der Waals surface area (Å²) in [6, 6.07) is 8.41. The molecule has 2 aromatic rings. The van der Waals surface area contributed by atoms with E-state index in [9.17, 15) is 4.79 Å². The highest BCUT2D eigenvalue weighted by Crippen LogP contribution is 2.19. The molecule has 0 aliphatic carbocycles. The van der Waals surface area contributed by atoms with Gasteiger partial charge in [-0.1, -0.05) is 11.6 Å². The van der Waals surface area contributed by atoms with E-state index < -0.39 is 0 Å². The maximum atomic E-state index is 10.5. The van der Waals surface area contributed by atoms with E-state index in [4.69, 9.17) is 0 Å². The third-order valence-corrected chi connectivity index (χ3v) is 2.59. The van der Waals surface area contributed by atoms with Crippen LogP contribution in [0.5, 0.6) is 0 Å². The van der Waals surface area contributed by atoms with Gasteiger partial charge >= 0.3 is 0 Å². The number of nitrogens with zero attached hydrogens (tertiary/aromatic N) is 1. The lowest BCUT2D eigenvalue weighted by Crippen LogP contribution is -1.96. The first kappa shape index (κ1) is 9.00. The molecule has 0 N–H and O–H groups in total. The van der Waals surface area contributed by atoms with E-state index in [0.29, 0.717) is 6.42 Å². The van der Waals surface area contributed by atoms with Gasteiger partial charge in [0.15, 0.2) is 0 Å². The van der Waals surface area contributed by atoms with Gasteiger partial charge in [0.05, 0.1) is 0 Å². The lowest BCUT2D eigenvalue weighted by atomic mass is 10.2. The minimum atomic E-state index is 0.490. The number of aryl methyl sites for hydroxylation is 2. The van der Waals surface area contributed by atoms with Gasteiger partial charge in [0, 0.05) is 30.1 Å². The van der Waals surface area contributed by atoms with E-state index in [1.165, 1.54) is 16.5 Å². The highest BCUT2D eigenvalue weighted by atomic mass is 16.1. The van der Waals surface area contributed by atoms with Crippen molar-refractivity contribution < 1.29 is 4.79 Å². The van der Waals surface area contributed by atoms with Gasteiger partial charge in [-0.2, -0.15) is 0 Å². The molecule has 14 heavy (non-hydrogen) atoms. The number of carbonyl (C=O) groups is 1. The lowest BCUT2D eigenvalue weighted by Gasteiger charge is -2.00. The Morgan fingerprint density at radius 1 is 1.36 bits per heavy atom. The maximum absolute atomic E-state index is 10.5. The first-order valence-electron chi connectivity index (χ1n) is 4.71. The Morgan fingerprint density at radius 3 is 2.86 bits per heavy atom. The summed E-state index contributed by atoms with van der Waals surface area (Å²) in [4.78, 5) is 10.5. The van der Waals surface area contributed by atoms with Gasteiger partial charge in [0.25, 0.3) is 0 Å². The van der Waals surface area contributed by atoms with E-state index in [1.54, 1.807) is 0 Å². The first-order chi connectivity index (χ1) is 6.72. The van der Waals surface area contributed by atoms with E-state index in [-0.39, 0.29) is 0 Å². The van der Waals surface area contributed by atoms with Crippen LogP contribution in [-0.2, 0) is 18.3 Å². The standard InChI is InChI=1S/C12H13NO/c1-9-3-4-12-10(7-9)8-11(5-6-14)13(12)2/h3-4,6-8H,5H2,1-2H3. The molecule has 72 valence electrons. The summed E-state index contributed by atoms with van der Waals surface area (Å²) in [7, 11) is 2.00. The highest BCUT2D eigenvalue weighted by Gasteiger charge is 2.04. The molecule has 0 saturated carbocycles. The van der Waals surface area contributed by atoms with Crippen molar-refractivity contribution >= 4 is 17.2 Å². The molecule has 1 heterocycles. The minimum Gasteiger partial charge on any atom is -0.347 e. The molecular formula is C12H13NO. The van der Waals surface area contributed by atoms with Crippen LogP contribution in [0.1, 0.15) is 11.3 Å². The number of aromatic nitrogens is 1. The molecule has 0 bridgehead atoms. The van der Waals surface area contributed by atoms with Crippen LogP contribution in [0.2, 0.25) is 0 Å². The normalized spacial score (nSPS) is 10.7. The van der Waals surface area contributed by atoms with Crippen LogP contribution in [0.3, 0.4) is 0 Å². The molecule has 2 nitrogen and oxygen atoms in total. The Morgan fingerprint density at radius 2 is 2.14 bits per heavy atom. The molecule has 0 radical (unpaired) electrons. The van der Waals surface area contributed by atoms with Gasteiger partial charge in [-0.05, 0) is 25.1 Å². The smallest absolute Gasteiger partial charge is 0.125 e. The molecule has 0 unspecified atom stereocenters. The molecule has 0 aliphatic heterocycles. The number of fused-ring (bicyclic) bond motifs is 1. The Labute approximate surface area is 83.2 Å². The minimum absolute atomic E-state index is 0.490. The third-order valence-electron chi connectivity index (χ3n) is 2.59. The van der Waals surface area contributed by atoms with Crippen LogP contribution in [0.4, 0.5) is 0 Å². The number of carbonyl (C=O) groups excluding carboxylic acids is 1. The molecule has 1 aromatic carbocycles. The van der Waals surface area contributed by atoms with Crippen molar-refractivity contribution in [2.45, 2.75) is 13.3 Å². The zero-order valence-corrected chi connectivity index (χ0v) is 8.45. The Hall–Kier alpha value is -1.57. The van der Waals surface area contributed by atoms with E-state index in [0.717, 1.165) is 12.0 Å². The summed E-state index contributed by atoms with van der Waals surface area (Å²) in [6.07, 6.45) is 1.44. The van der Waals surface area contributed by atoms with Crippen LogP contribution in [0.25, 0.3) is 10.9 Å². The van der Waals surface area contributed by atoms with Crippen LogP contribution in [0.15, 0.2) is 24.3 Å². The molecule has 0 aliphatic rings. The Bertz CT molecular complexity index is 482. The second-order valence-electron chi connectivity index (χ2n) is 3.63. The van der Waals surface area contributed by atoms with Crippen molar-refractivity contribution in [1.82, 2.24) is 4.57 Å². The van der Waals surface area contributed by atoms with Crippen LogP contribution < -0.4 is 0 Å². The topological polar surface area (TPSA) is 22.0 Å². The molecule has 0 amide bonds. The average Bonchev–Trinajstić information content (AvgIpc) is 2.44. The number of rotatable bonds is 2. The van der Waals surface area contributed by atoms with Crippen LogP contribution in [-0.4, -0.2) is 10.9 Å². The van der Waals surface area contributed by atoms with Crippen LogP contribution in [0, 0.1) is 6.92 Å². The quantitative estimate of drug-likeness (QED) is 0.661. The van der Waals surface area contributed by atoms with Gasteiger partial charge in [-0.15, -0.1) is 0 Å². The van der Waals surface area contributed by atoms with Crippen molar-refractivity contribution in [1.29, 1.82) is 0 Å². The lowest BCUT2D eigenvalue weighted by molar-refractivity contribution is -0.107. The molecule has 2 heteroatoms. The summed E-state index contributed by atoms with van der Waals surface area (Å²) < 4.78 is 2.07. The van der Waals surface area contributed by atoms with Gasteiger partial charge in [0.2, 0.25) is 0 Å².